The van der Waals surface area contributed by atoms with Crippen molar-refractivity contribution < 1.29 is 4.79 Å². The number of hydrogen-bond donors (Lipinski definition) is 0. The largest absolute Gasteiger partial charge is 0.300 e. The van der Waals surface area contributed by atoms with Crippen LogP contribution in [0.2, 0.25) is 0 Å². The molecule has 0 N–H and O–H groups in total. The van der Waals surface area contributed by atoms with Crippen molar-refractivity contribution in [3.63, 3.8) is 0 Å². The van der Waals surface area contributed by atoms with Crippen molar-refractivity contribution >= 4 is 37.3 Å². The van der Waals surface area contributed by atoms with Crippen molar-refractivity contribution in [3.05, 3.63) is 48.0 Å². The molecule has 0 aliphatic rings. The average Bonchev–Trinajstić information content (AvgIpc) is 2.67. The van der Waals surface area contributed by atoms with Gasteiger partial charge in [-0.25, -0.2) is 0 Å². The summed E-state index contributed by atoms with van der Waals surface area (Å²) in [6.45, 7) is 1.65. The fourth-order valence-electron chi connectivity index (χ4n) is 2.26. The maximum Gasteiger partial charge on any atom is 0.134 e. The van der Waals surface area contributed by atoms with Crippen molar-refractivity contribution in [2.45, 2.75) is 13.3 Å². The van der Waals surface area contributed by atoms with Gasteiger partial charge in [0, 0.05) is 26.6 Å². The molecule has 1 heterocycles. The molecule has 0 radical (unpaired) electrons. The fraction of sp³-hybridized carbons (Fsp3) is 0.133. The molecule has 0 bridgehead atoms. The normalized spacial score (nSPS) is 11.1. The number of benzene rings is 2. The van der Waals surface area contributed by atoms with Crippen LogP contribution in [0.15, 0.2) is 42.5 Å². The Morgan fingerprint density at radius 3 is 2.65 bits per heavy atom. The molecule has 2 heteroatoms. The van der Waals surface area contributed by atoms with E-state index in [-0.39, 0.29) is 5.78 Å². The van der Waals surface area contributed by atoms with Crippen LogP contribution in [0.25, 0.3) is 20.2 Å². The van der Waals surface area contributed by atoms with E-state index in [1.54, 1.807) is 18.3 Å². The Bertz CT molecular complexity index is 709. The van der Waals surface area contributed by atoms with Gasteiger partial charge in [0.1, 0.15) is 5.78 Å². The predicted octanol–water partition coefficient (Wildman–Crippen LogP) is 4.19. The van der Waals surface area contributed by atoms with Crippen LogP contribution in [0.5, 0.6) is 0 Å². The molecule has 0 aliphatic heterocycles. The molecule has 84 valence electrons. The van der Waals surface area contributed by atoms with Crippen LogP contribution in [0, 0.1) is 0 Å². The lowest BCUT2D eigenvalue weighted by Crippen LogP contribution is -1.96. The van der Waals surface area contributed by atoms with E-state index in [1.807, 2.05) is 6.07 Å². The third kappa shape index (κ3) is 1.75. The molecule has 17 heavy (non-hydrogen) atoms. The van der Waals surface area contributed by atoms with Crippen molar-refractivity contribution in [2.24, 2.45) is 0 Å². The lowest BCUT2D eigenvalue weighted by molar-refractivity contribution is -0.116. The monoisotopic (exact) mass is 240 g/mol. The number of carbonyl (C=O) groups is 1. The Morgan fingerprint density at radius 1 is 1.06 bits per heavy atom. The second-order valence-corrected chi connectivity index (χ2v) is 5.35. The minimum absolute atomic E-state index is 0.216. The summed E-state index contributed by atoms with van der Waals surface area (Å²) in [6.07, 6.45) is 0.526. The van der Waals surface area contributed by atoms with Crippen molar-refractivity contribution in [2.75, 3.05) is 0 Å². The van der Waals surface area contributed by atoms with Crippen LogP contribution in [-0.4, -0.2) is 5.78 Å². The molecule has 0 amide bonds. The van der Waals surface area contributed by atoms with Crippen LogP contribution in [0.3, 0.4) is 0 Å². The molecule has 0 saturated heterocycles. The molecular formula is C15H12OS. The van der Waals surface area contributed by atoms with Gasteiger partial charge in [-0.15, -0.1) is 11.3 Å². The maximum absolute atomic E-state index is 11.3. The lowest BCUT2D eigenvalue weighted by atomic mass is 10.0. The molecule has 0 atom stereocenters. The zero-order chi connectivity index (χ0) is 11.8. The molecule has 3 aromatic rings. The van der Waals surface area contributed by atoms with Crippen LogP contribution in [-0.2, 0) is 11.2 Å². The Kier molecular flexibility index (Phi) is 2.45. The standard InChI is InChI=1S/C15H12OS/c1-10(16)9-11-5-4-8-14-15(11)12-6-2-3-7-13(12)17-14/h2-8H,9H2,1H3. The van der Waals surface area contributed by atoms with Gasteiger partial charge in [0.15, 0.2) is 0 Å². The predicted molar refractivity (Wildman–Crippen MR) is 73.7 cm³/mol. The van der Waals surface area contributed by atoms with Crippen LogP contribution >= 0.6 is 11.3 Å². The molecule has 0 spiro atoms. The van der Waals surface area contributed by atoms with E-state index in [2.05, 4.69) is 36.4 Å². The highest BCUT2D eigenvalue weighted by Crippen LogP contribution is 2.35. The first-order chi connectivity index (χ1) is 8.25. The highest BCUT2D eigenvalue weighted by Gasteiger charge is 2.09. The van der Waals surface area contributed by atoms with Gasteiger partial charge in [0.2, 0.25) is 0 Å². The van der Waals surface area contributed by atoms with Gasteiger partial charge in [-0.1, -0.05) is 30.3 Å². The Morgan fingerprint density at radius 2 is 1.82 bits per heavy atom. The Hall–Kier alpha value is -1.67. The molecule has 3 rings (SSSR count). The number of thiophene rings is 1. The fourth-order valence-corrected chi connectivity index (χ4v) is 3.42. The molecule has 0 aliphatic carbocycles. The molecule has 2 aromatic carbocycles. The summed E-state index contributed by atoms with van der Waals surface area (Å²) in [7, 11) is 0. The molecule has 0 unspecified atom stereocenters. The van der Waals surface area contributed by atoms with Gasteiger partial charge in [-0.3, -0.25) is 4.79 Å². The molecule has 0 saturated carbocycles. The van der Waals surface area contributed by atoms with E-state index >= 15 is 0 Å². The van der Waals surface area contributed by atoms with Crippen LogP contribution in [0.4, 0.5) is 0 Å². The van der Waals surface area contributed by atoms with Gasteiger partial charge >= 0.3 is 0 Å². The van der Waals surface area contributed by atoms with E-state index in [0.29, 0.717) is 6.42 Å². The van der Waals surface area contributed by atoms with Crippen LogP contribution < -0.4 is 0 Å². The Balaban J connectivity index is 2.39. The Labute approximate surface area is 104 Å². The van der Waals surface area contributed by atoms with Crippen molar-refractivity contribution in [1.29, 1.82) is 0 Å². The van der Waals surface area contributed by atoms with E-state index < -0.39 is 0 Å². The van der Waals surface area contributed by atoms with Gasteiger partial charge in [0.25, 0.3) is 0 Å². The summed E-state index contributed by atoms with van der Waals surface area (Å²) in [5.41, 5.74) is 1.15. The summed E-state index contributed by atoms with van der Waals surface area (Å²) < 4.78 is 2.56. The van der Waals surface area contributed by atoms with E-state index in [0.717, 1.165) is 5.56 Å². The third-order valence-corrected chi connectivity index (χ3v) is 4.06. The first-order valence-electron chi connectivity index (χ1n) is 5.64. The van der Waals surface area contributed by atoms with Gasteiger partial charge in [-0.2, -0.15) is 0 Å². The smallest absolute Gasteiger partial charge is 0.134 e. The third-order valence-electron chi connectivity index (χ3n) is 2.93. The maximum atomic E-state index is 11.3. The van der Waals surface area contributed by atoms with E-state index in [4.69, 9.17) is 0 Å². The van der Waals surface area contributed by atoms with E-state index in [9.17, 15) is 4.79 Å². The summed E-state index contributed by atoms with van der Waals surface area (Å²) in [6, 6.07) is 14.6. The van der Waals surface area contributed by atoms with Crippen molar-refractivity contribution in [1.82, 2.24) is 0 Å². The first kappa shape index (κ1) is 10.5. The number of fused-ring (bicyclic) bond motifs is 3. The summed E-state index contributed by atoms with van der Waals surface area (Å²) in [4.78, 5) is 11.3. The average molecular weight is 240 g/mol. The lowest BCUT2D eigenvalue weighted by Gasteiger charge is -2.01. The first-order valence-corrected chi connectivity index (χ1v) is 6.46. The number of Topliss-reactive ketones (excluding diaryl/α,β-unsaturated/α-hetero) is 1. The van der Waals surface area contributed by atoms with Crippen LogP contribution in [0.1, 0.15) is 12.5 Å². The summed E-state index contributed by atoms with van der Waals surface area (Å²) >= 11 is 1.79. The number of hydrogen-bond acceptors (Lipinski definition) is 2. The minimum Gasteiger partial charge on any atom is -0.300 e. The zero-order valence-corrected chi connectivity index (χ0v) is 10.4. The van der Waals surface area contributed by atoms with E-state index in [1.165, 1.54) is 20.2 Å². The zero-order valence-electron chi connectivity index (χ0n) is 9.57. The summed E-state index contributed by atoms with van der Waals surface area (Å²) in [5.74, 6) is 0.216. The van der Waals surface area contributed by atoms with Crippen molar-refractivity contribution in [3.8, 4) is 0 Å². The van der Waals surface area contributed by atoms with Gasteiger partial charge in [0.05, 0.1) is 0 Å². The SMILES string of the molecule is CC(=O)Cc1cccc2sc3ccccc3c12. The van der Waals surface area contributed by atoms with Gasteiger partial charge in [-0.05, 0) is 24.6 Å². The topological polar surface area (TPSA) is 17.1 Å². The second kappa shape index (κ2) is 3.97. The highest BCUT2D eigenvalue weighted by atomic mass is 32.1. The second-order valence-electron chi connectivity index (χ2n) is 4.27. The minimum atomic E-state index is 0.216. The molecule has 0 fully saturated rings. The quantitative estimate of drug-likeness (QED) is 0.656. The number of rotatable bonds is 2. The van der Waals surface area contributed by atoms with Gasteiger partial charge < -0.3 is 0 Å². The summed E-state index contributed by atoms with van der Waals surface area (Å²) in [5, 5.41) is 2.52. The number of carbonyl (C=O) groups excluding carboxylic acids is 1. The molecule has 1 nitrogen and oxygen atoms in total. The number of ketones is 1. The highest BCUT2D eigenvalue weighted by molar-refractivity contribution is 7.25. The molecular weight excluding hydrogens is 228 g/mol. The molecule has 1 aromatic heterocycles.